The number of phenols is 1. The van der Waals surface area contributed by atoms with Gasteiger partial charge in [0.05, 0.1) is 6.04 Å². The molecule has 2 amide bonds. The van der Waals surface area contributed by atoms with E-state index in [4.69, 9.17) is 10.5 Å². The van der Waals surface area contributed by atoms with Crippen LogP contribution in [0.4, 0.5) is 0 Å². The second-order valence-corrected chi connectivity index (χ2v) is 9.58. The summed E-state index contributed by atoms with van der Waals surface area (Å²) in [5.41, 5.74) is 11.4. The minimum Gasteiger partial charge on any atom is -0.508 e. The summed E-state index contributed by atoms with van der Waals surface area (Å²) in [7, 11) is 0. The molecule has 0 aromatic heterocycles. The Kier molecular flexibility index (Phi) is 9.82. The Morgan fingerprint density at radius 3 is 2.65 bits per heavy atom. The van der Waals surface area contributed by atoms with Crippen LogP contribution >= 0.6 is 0 Å². The van der Waals surface area contributed by atoms with Crippen molar-refractivity contribution in [3.8, 4) is 5.75 Å². The van der Waals surface area contributed by atoms with E-state index in [0.717, 1.165) is 11.1 Å². The first-order chi connectivity index (χ1) is 17.7. The number of carbonyl (C=O) groups is 3. The van der Waals surface area contributed by atoms with Gasteiger partial charge in [0.2, 0.25) is 5.91 Å². The summed E-state index contributed by atoms with van der Waals surface area (Å²) in [6, 6.07) is 11.6. The largest absolute Gasteiger partial charge is 0.508 e. The van der Waals surface area contributed by atoms with Crippen LogP contribution in [0.1, 0.15) is 43.4 Å². The molecule has 198 valence electrons. The summed E-state index contributed by atoms with van der Waals surface area (Å²) in [6.45, 7) is 7.87. The fourth-order valence-corrected chi connectivity index (χ4v) is 4.06. The Morgan fingerprint density at radius 2 is 1.95 bits per heavy atom. The second kappa shape index (κ2) is 13.0. The molecule has 0 aliphatic carbocycles. The van der Waals surface area contributed by atoms with Crippen molar-refractivity contribution < 1.29 is 24.2 Å². The van der Waals surface area contributed by atoms with E-state index in [9.17, 15) is 19.5 Å². The molecule has 0 saturated carbocycles. The van der Waals surface area contributed by atoms with Crippen LogP contribution in [-0.2, 0) is 32.1 Å². The monoisotopic (exact) mass is 508 g/mol. The molecule has 9 heteroatoms. The minimum absolute atomic E-state index is 0.0615. The van der Waals surface area contributed by atoms with Crippen LogP contribution < -0.4 is 16.5 Å². The van der Waals surface area contributed by atoms with E-state index in [-0.39, 0.29) is 24.7 Å². The first kappa shape index (κ1) is 27.9. The Balaban J connectivity index is 1.68. The molecule has 3 atom stereocenters. The predicted molar refractivity (Wildman–Crippen MR) is 141 cm³/mol. The summed E-state index contributed by atoms with van der Waals surface area (Å²) >= 11 is 0. The third kappa shape index (κ3) is 7.90. The summed E-state index contributed by atoms with van der Waals surface area (Å²) in [5, 5.41) is 14.0. The van der Waals surface area contributed by atoms with Gasteiger partial charge >= 0.3 is 5.97 Å². The van der Waals surface area contributed by atoms with Crippen LogP contribution in [-0.4, -0.2) is 52.6 Å². The lowest BCUT2D eigenvalue weighted by atomic mass is 10.0. The maximum Gasteiger partial charge on any atom is 0.325 e. The molecule has 9 nitrogen and oxygen atoms in total. The number of hydrogen-bond donors (Lipinski definition) is 4. The summed E-state index contributed by atoms with van der Waals surface area (Å²) in [4.78, 5) is 39.0. The highest BCUT2D eigenvalue weighted by molar-refractivity contribution is 5.90. The van der Waals surface area contributed by atoms with Gasteiger partial charge in [-0.15, -0.1) is 0 Å². The standard InChI is InChI=1S/C28H36N4O5/c1-4-19-8-5-10-21(14-19)17-37-28(36)23-12-7-13-32(31-23)27(35)24(30-26(34)25(29)18(2)3)16-20-9-6-11-22(33)15-20/h4-6,8-11,14-15,18,23-25,31,33H,1,7,12-13,16-17,29H2,2-3H3,(H,30,34)/t23-,24?,25-/m0/s1. The van der Waals surface area contributed by atoms with Crippen molar-refractivity contribution in [1.29, 1.82) is 0 Å². The summed E-state index contributed by atoms with van der Waals surface area (Å²) < 4.78 is 5.50. The summed E-state index contributed by atoms with van der Waals surface area (Å²) in [5.74, 6) is -1.36. The number of rotatable bonds is 10. The molecule has 37 heavy (non-hydrogen) atoms. The maximum atomic E-state index is 13.5. The van der Waals surface area contributed by atoms with E-state index in [1.165, 1.54) is 11.1 Å². The van der Waals surface area contributed by atoms with Gasteiger partial charge in [-0.05, 0) is 53.6 Å². The smallest absolute Gasteiger partial charge is 0.325 e. The van der Waals surface area contributed by atoms with Crippen molar-refractivity contribution in [2.45, 2.75) is 57.8 Å². The SMILES string of the molecule is C=Cc1cccc(COC(=O)[C@@H]2CCCN(C(=O)C(Cc3cccc(O)c3)NC(=O)[C@@H](N)C(C)C)N2)c1. The molecule has 1 saturated heterocycles. The van der Waals surface area contributed by atoms with Crippen LogP contribution in [0, 0.1) is 5.92 Å². The van der Waals surface area contributed by atoms with Crippen molar-refractivity contribution in [1.82, 2.24) is 15.8 Å². The number of carbonyl (C=O) groups excluding carboxylic acids is 3. The number of ether oxygens (including phenoxy) is 1. The molecule has 1 fully saturated rings. The molecule has 2 aromatic rings. The predicted octanol–water partition coefficient (Wildman–Crippen LogP) is 2.28. The van der Waals surface area contributed by atoms with Gasteiger partial charge in [0, 0.05) is 13.0 Å². The lowest BCUT2D eigenvalue weighted by Crippen LogP contribution is -2.61. The number of amides is 2. The molecule has 1 unspecified atom stereocenters. The van der Waals surface area contributed by atoms with Crippen LogP contribution in [0.15, 0.2) is 55.1 Å². The van der Waals surface area contributed by atoms with Crippen molar-refractivity contribution in [2.24, 2.45) is 11.7 Å². The fourth-order valence-electron chi connectivity index (χ4n) is 4.06. The second-order valence-electron chi connectivity index (χ2n) is 9.58. The number of phenolic OH excluding ortho intramolecular Hbond substituents is 1. The Bertz CT molecular complexity index is 1120. The zero-order valence-electron chi connectivity index (χ0n) is 21.4. The van der Waals surface area contributed by atoms with E-state index in [1.807, 2.05) is 38.1 Å². The Hall–Kier alpha value is -3.69. The zero-order chi connectivity index (χ0) is 26.9. The summed E-state index contributed by atoms with van der Waals surface area (Å²) in [6.07, 6.45) is 2.97. The van der Waals surface area contributed by atoms with E-state index in [0.29, 0.717) is 24.9 Å². The van der Waals surface area contributed by atoms with E-state index in [1.54, 1.807) is 24.3 Å². The van der Waals surface area contributed by atoms with Gasteiger partial charge in [0.25, 0.3) is 5.91 Å². The van der Waals surface area contributed by atoms with Gasteiger partial charge in [-0.3, -0.25) is 19.4 Å². The average molecular weight is 509 g/mol. The number of benzene rings is 2. The highest BCUT2D eigenvalue weighted by atomic mass is 16.5. The number of nitrogens with one attached hydrogen (secondary N) is 2. The van der Waals surface area contributed by atoms with E-state index < -0.39 is 35.9 Å². The zero-order valence-corrected chi connectivity index (χ0v) is 21.4. The minimum atomic E-state index is -0.942. The first-order valence-corrected chi connectivity index (χ1v) is 12.5. The van der Waals surface area contributed by atoms with Gasteiger partial charge in [-0.2, -0.15) is 0 Å². The van der Waals surface area contributed by atoms with Crippen molar-refractivity contribution >= 4 is 23.9 Å². The van der Waals surface area contributed by atoms with Crippen molar-refractivity contribution in [3.63, 3.8) is 0 Å². The van der Waals surface area contributed by atoms with Crippen LogP contribution in [0.3, 0.4) is 0 Å². The number of hydrazine groups is 1. The Labute approximate surface area is 217 Å². The molecule has 1 aliphatic heterocycles. The molecule has 2 aromatic carbocycles. The average Bonchev–Trinajstić information content (AvgIpc) is 2.90. The Morgan fingerprint density at radius 1 is 1.22 bits per heavy atom. The number of nitrogens with zero attached hydrogens (tertiary/aromatic N) is 1. The van der Waals surface area contributed by atoms with Crippen LogP contribution in [0.5, 0.6) is 5.75 Å². The lowest BCUT2D eigenvalue weighted by Gasteiger charge is -2.35. The number of esters is 1. The van der Waals surface area contributed by atoms with Crippen LogP contribution in [0.25, 0.3) is 6.08 Å². The normalized spacial score (nSPS) is 17.1. The molecule has 5 N–H and O–H groups in total. The highest BCUT2D eigenvalue weighted by Gasteiger charge is 2.34. The third-order valence-electron chi connectivity index (χ3n) is 6.29. The fraction of sp³-hybridized carbons (Fsp3) is 0.393. The van der Waals surface area contributed by atoms with E-state index in [2.05, 4.69) is 17.3 Å². The first-order valence-electron chi connectivity index (χ1n) is 12.5. The number of hydrogen-bond acceptors (Lipinski definition) is 7. The maximum absolute atomic E-state index is 13.5. The van der Waals surface area contributed by atoms with Gasteiger partial charge in [-0.25, -0.2) is 5.43 Å². The lowest BCUT2D eigenvalue weighted by molar-refractivity contribution is -0.154. The van der Waals surface area contributed by atoms with Crippen molar-refractivity contribution in [2.75, 3.05) is 6.54 Å². The molecule has 1 heterocycles. The van der Waals surface area contributed by atoms with Crippen molar-refractivity contribution in [3.05, 3.63) is 71.8 Å². The molecule has 0 bridgehead atoms. The molecular weight excluding hydrogens is 472 g/mol. The van der Waals surface area contributed by atoms with Gasteiger partial charge in [-0.1, -0.05) is 56.8 Å². The molecular formula is C28H36N4O5. The van der Waals surface area contributed by atoms with E-state index >= 15 is 0 Å². The number of aromatic hydroxyl groups is 1. The molecule has 1 aliphatic rings. The number of nitrogens with two attached hydrogens (primary N) is 1. The molecule has 0 spiro atoms. The quantitative estimate of drug-likeness (QED) is 0.362. The topological polar surface area (TPSA) is 134 Å². The van der Waals surface area contributed by atoms with Gasteiger partial charge in [0.1, 0.15) is 24.4 Å². The molecule has 0 radical (unpaired) electrons. The highest BCUT2D eigenvalue weighted by Crippen LogP contribution is 2.16. The van der Waals surface area contributed by atoms with Crippen LogP contribution in [0.2, 0.25) is 0 Å². The van der Waals surface area contributed by atoms with Gasteiger partial charge < -0.3 is 20.9 Å². The van der Waals surface area contributed by atoms with Gasteiger partial charge in [0.15, 0.2) is 0 Å². The molecule has 3 rings (SSSR count). The third-order valence-corrected chi connectivity index (χ3v) is 6.29.